The first-order chi connectivity index (χ1) is 7.83. The Kier molecular flexibility index (Phi) is 3.74. The number of methoxy groups -OCH3 is 1. The van der Waals surface area contributed by atoms with Crippen LogP contribution < -0.4 is 11.0 Å². The summed E-state index contributed by atoms with van der Waals surface area (Å²) < 4.78 is 6.68. The Hall–Kier alpha value is -1.14. The van der Waals surface area contributed by atoms with Gasteiger partial charge in [-0.25, -0.2) is 9.89 Å². The molecule has 1 aliphatic heterocycles. The van der Waals surface area contributed by atoms with Gasteiger partial charge in [0.05, 0.1) is 13.2 Å². The van der Waals surface area contributed by atoms with Crippen molar-refractivity contribution in [1.82, 2.24) is 20.1 Å². The van der Waals surface area contributed by atoms with Crippen LogP contribution in [0, 0.1) is 0 Å². The first kappa shape index (κ1) is 11.3. The highest BCUT2D eigenvalue weighted by atomic mass is 16.5. The van der Waals surface area contributed by atoms with Gasteiger partial charge in [-0.3, -0.25) is 4.57 Å². The van der Waals surface area contributed by atoms with E-state index in [-0.39, 0.29) is 5.69 Å². The van der Waals surface area contributed by atoms with Gasteiger partial charge in [-0.15, -0.1) is 0 Å². The summed E-state index contributed by atoms with van der Waals surface area (Å²) in [5, 5.41) is 9.97. The van der Waals surface area contributed by atoms with E-state index in [2.05, 4.69) is 15.5 Å². The lowest BCUT2D eigenvalue weighted by molar-refractivity contribution is 0.184. The highest BCUT2D eigenvalue weighted by Crippen LogP contribution is 2.19. The molecule has 1 aromatic heterocycles. The van der Waals surface area contributed by atoms with Gasteiger partial charge in [-0.1, -0.05) is 0 Å². The lowest BCUT2D eigenvalue weighted by atomic mass is 9.99. The summed E-state index contributed by atoms with van der Waals surface area (Å²) in [5.74, 6) is 1.19. The molecule has 0 aliphatic carbocycles. The number of rotatable bonds is 4. The fraction of sp³-hybridized carbons (Fsp3) is 0.800. The summed E-state index contributed by atoms with van der Waals surface area (Å²) in [6, 6.07) is 0. The maximum absolute atomic E-state index is 11.6. The standard InChI is InChI=1S/C10H18N4O2/c1-16-6-5-14-9(12-13-10(14)15)8-3-2-4-11-7-8/h8,11H,2-7H2,1H3,(H,13,15). The molecule has 2 heterocycles. The molecular formula is C10H18N4O2. The van der Waals surface area contributed by atoms with Gasteiger partial charge >= 0.3 is 5.69 Å². The van der Waals surface area contributed by atoms with E-state index in [9.17, 15) is 4.79 Å². The van der Waals surface area contributed by atoms with Crippen LogP contribution in [0.3, 0.4) is 0 Å². The highest BCUT2D eigenvalue weighted by Gasteiger charge is 2.21. The Labute approximate surface area is 94.0 Å². The molecule has 6 nitrogen and oxygen atoms in total. The van der Waals surface area contributed by atoms with Gasteiger partial charge in [0.15, 0.2) is 0 Å². The molecule has 1 fully saturated rings. The zero-order chi connectivity index (χ0) is 11.4. The molecule has 2 N–H and O–H groups in total. The molecule has 0 radical (unpaired) electrons. The van der Waals surface area contributed by atoms with Gasteiger partial charge in [0.25, 0.3) is 0 Å². The van der Waals surface area contributed by atoms with E-state index in [0.717, 1.165) is 31.8 Å². The Morgan fingerprint density at radius 1 is 1.62 bits per heavy atom. The van der Waals surface area contributed by atoms with Crippen LogP contribution in [0.15, 0.2) is 4.79 Å². The summed E-state index contributed by atoms with van der Waals surface area (Å²) in [7, 11) is 1.63. The normalized spacial score (nSPS) is 21.2. The van der Waals surface area contributed by atoms with Crippen LogP contribution in [0.25, 0.3) is 0 Å². The minimum absolute atomic E-state index is 0.141. The number of aromatic amines is 1. The van der Waals surface area contributed by atoms with Crippen molar-refractivity contribution in [2.45, 2.75) is 25.3 Å². The molecule has 90 valence electrons. The Bertz CT molecular complexity index is 378. The summed E-state index contributed by atoms with van der Waals surface area (Å²) in [4.78, 5) is 11.6. The Morgan fingerprint density at radius 3 is 3.19 bits per heavy atom. The second-order valence-electron chi connectivity index (χ2n) is 4.07. The minimum Gasteiger partial charge on any atom is -0.383 e. The number of hydrogen-bond donors (Lipinski definition) is 2. The molecule has 6 heteroatoms. The van der Waals surface area contributed by atoms with Gasteiger partial charge in [0, 0.05) is 19.6 Å². The van der Waals surface area contributed by atoms with E-state index in [1.807, 2.05) is 0 Å². The number of nitrogens with zero attached hydrogens (tertiary/aromatic N) is 2. The molecule has 0 saturated carbocycles. The SMILES string of the molecule is COCCn1c(C2CCCNC2)n[nH]c1=O. The van der Waals surface area contributed by atoms with Crippen molar-refractivity contribution in [3.05, 3.63) is 16.3 Å². The fourth-order valence-electron chi connectivity index (χ4n) is 2.11. The van der Waals surface area contributed by atoms with E-state index >= 15 is 0 Å². The zero-order valence-electron chi connectivity index (χ0n) is 9.53. The fourth-order valence-corrected chi connectivity index (χ4v) is 2.11. The predicted octanol–water partition coefficient (Wildman–Crippen LogP) is -0.315. The van der Waals surface area contributed by atoms with Crippen LogP contribution in [0.2, 0.25) is 0 Å². The summed E-state index contributed by atoms with van der Waals surface area (Å²) in [6.45, 7) is 3.06. The van der Waals surface area contributed by atoms with Gasteiger partial charge in [-0.2, -0.15) is 5.10 Å². The van der Waals surface area contributed by atoms with Crippen molar-refractivity contribution < 1.29 is 4.74 Å². The van der Waals surface area contributed by atoms with Crippen LogP contribution in [-0.4, -0.2) is 41.6 Å². The van der Waals surface area contributed by atoms with Crippen LogP contribution in [-0.2, 0) is 11.3 Å². The topological polar surface area (TPSA) is 71.9 Å². The first-order valence-electron chi connectivity index (χ1n) is 5.67. The van der Waals surface area contributed by atoms with Crippen LogP contribution >= 0.6 is 0 Å². The van der Waals surface area contributed by atoms with Crippen LogP contribution in [0.4, 0.5) is 0 Å². The molecule has 1 aromatic rings. The molecule has 0 bridgehead atoms. The molecule has 1 unspecified atom stereocenters. The predicted molar refractivity (Wildman–Crippen MR) is 59.6 cm³/mol. The van der Waals surface area contributed by atoms with E-state index in [1.54, 1.807) is 11.7 Å². The summed E-state index contributed by atoms with van der Waals surface area (Å²) in [5.41, 5.74) is -0.141. The number of H-pyrrole nitrogens is 1. The number of nitrogens with one attached hydrogen (secondary N) is 2. The van der Waals surface area contributed by atoms with E-state index < -0.39 is 0 Å². The molecule has 0 aromatic carbocycles. The monoisotopic (exact) mass is 226 g/mol. The van der Waals surface area contributed by atoms with Crippen molar-refractivity contribution >= 4 is 0 Å². The largest absolute Gasteiger partial charge is 0.383 e. The summed E-state index contributed by atoms with van der Waals surface area (Å²) >= 11 is 0. The number of ether oxygens (including phenoxy) is 1. The smallest absolute Gasteiger partial charge is 0.343 e. The molecule has 2 rings (SSSR count). The van der Waals surface area contributed by atoms with Crippen molar-refractivity contribution in [2.24, 2.45) is 0 Å². The maximum atomic E-state index is 11.6. The molecule has 0 spiro atoms. The molecule has 0 amide bonds. The van der Waals surface area contributed by atoms with Crippen molar-refractivity contribution in [3.8, 4) is 0 Å². The van der Waals surface area contributed by atoms with E-state index in [1.165, 1.54) is 0 Å². The first-order valence-corrected chi connectivity index (χ1v) is 5.67. The molecule has 1 atom stereocenters. The number of aromatic nitrogens is 3. The third-order valence-corrected chi connectivity index (χ3v) is 2.97. The van der Waals surface area contributed by atoms with Crippen molar-refractivity contribution in [1.29, 1.82) is 0 Å². The lowest BCUT2D eigenvalue weighted by Crippen LogP contribution is -2.31. The van der Waals surface area contributed by atoms with Crippen molar-refractivity contribution in [3.63, 3.8) is 0 Å². The quantitative estimate of drug-likeness (QED) is 0.738. The van der Waals surface area contributed by atoms with E-state index in [4.69, 9.17) is 4.74 Å². The molecular weight excluding hydrogens is 208 g/mol. The number of piperidine rings is 1. The van der Waals surface area contributed by atoms with Crippen LogP contribution in [0.1, 0.15) is 24.6 Å². The second-order valence-corrected chi connectivity index (χ2v) is 4.07. The van der Waals surface area contributed by atoms with Gasteiger partial charge in [0.1, 0.15) is 5.82 Å². The van der Waals surface area contributed by atoms with Crippen molar-refractivity contribution in [2.75, 3.05) is 26.8 Å². The third kappa shape index (κ3) is 2.33. The maximum Gasteiger partial charge on any atom is 0.343 e. The molecule has 1 saturated heterocycles. The average Bonchev–Trinajstić information content (AvgIpc) is 2.69. The Morgan fingerprint density at radius 2 is 2.50 bits per heavy atom. The Balaban J connectivity index is 2.15. The molecule has 1 aliphatic rings. The zero-order valence-corrected chi connectivity index (χ0v) is 9.53. The number of hydrogen-bond acceptors (Lipinski definition) is 4. The average molecular weight is 226 g/mol. The second kappa shape index (κ2) is 5.27. The third-order valence-electron chi connectivity index (χ3n) is 2.97. The lowest BCUT2D eigenvalue weighted by Gasteiger charge is -2.22. The van der Waals surface area contributed by atoms with Gasteiger partial charge in [0.2, 0.25) is 0 Å². The minimum atomic E-state index is -0.141. The van der Waals surface area contributed by atoms with Gasteiger partial charge < -0.3 is 10.1 Å². The van der Waals surface area contributed by atoms with E-state index in [0.29, 0.717) is 19.1 Å². The van der Waals surface area contributed by atoms with Gasteiger partial charge in [-0.05, 0) is 19.4 Å². The highest BCUT2D eigenvalue weighted by molar-refractivity contribution is 4.99. The summed E-state index contributed by atoms with van der Waals surface area (Å²) in [6.07, 6.45) is 2.22. The molecule has 16 heavy (non-hydrogen) atoms. The van der Waals surface area contributed by atoms with Crippen LogP contribution in [0.5, 0.6) is 0 Å².